The fraction of sp³-hybridized carbons (Fsp3) is 0.368. The van der Waals surface area contributed by atoms with Gasteiger partial charge in [0, 0.05) is 11.6 Å². The smallest absolute Gasteiger partial charge is 0.343 e. The summed E-state index contributed by atoms with van der Waals surface area (Å²) >= 11 is 0. The van der Waals surface area contributed by atoms with Gasteiger partial charge in [-0.1, -0.05) is 32.0 Å². The molecule has 0 bridgehead atoms. The van der Waals surface area contributed by atoms with Crippen LogP contribution in [0.1, 0.15) is 41.0 Å². The summed E-state index contributed by atoms with van der Waals surface area (Å²) in [7, 11) is 2.91. The number of hydrogen-bond acceptors (Lipinski definition) is 4. The third kappa shape index (κ3) is 3.21. The molecule has 0 N–H and O–H groups in total. The molecule has 0 amide bonds. The highest BCUT2D eigenvalue weighted by Gasteiger charge is 2.20. The van der Waals surface area contributed by atoms with Gasteiger partial charge in [0.25, 0.3) is 0 Å². The third-order valence-corrected chi connectivity index (χ3v) is 4.03. The second kappa shape index (κ2) is 7.27. The Morgan fingerprint density at radius 2 is 1.74 bits per heavy atom. The van der Waals surface area contributed by atoms with Crippen LogP contribution in [0.15, 0.2) is 24.3 Å². The molecule has 4 nitrogen and oxygen atoms in total. The molecule has 0 spiro atoms. The Hall–Kier alpha value is -2.36. The Morgan fingerprint density at radius 3 is 2.22 bits per heavy atom. The Labute approximate surface area is 137 Å². The van der Waals surface area contributed by atoms with Gasteiger partial charge in [-0.15, -0.1) is 0 Å². The first kappa shape index (κ1) is 17.0. The van der Waals surface area contributed by atoms with Crippen molar-refractivity contribution in [2.75, 3.05) is 14.2 Å². The summed E-state index contributed by atoms with van der Waals surface area (Å²) in [5.74, 6) is 0.0604. The van der Waals surface area contributed by atoms with Crippen LogP contribution in [0.3, 0.4) is 0 Å². The number of pyridine rings is 1. The number of benzene rings is 1. The minimum Gasteiger partial charge on any atom is -0.496 e. The highest BCUT2D eigenvalue weighted by molar-refractivity contribution is 5.94. The predicted molar refractivity (Wildman–Crippen MR) is 91.1 cm³/mol. The van der Waals surface area contributed by atoms with Crippen LogP contribution in [-0.2, 0) is 17.6 Å². The van der Waals surface area contributed by atoms with Gasteiger partial charge < -0.3 is 9.47 Å². The van der Waals surface area contributed by atoms with Crippen molar-refractivity contribution in [3.05, 3.63) is 46.6 Å². The van der Waals surface area contributed by atoms with Crippen molar-refractivity contribution in [1.82, 2.24) is 4.98 Å². The molecule has 0 unspecified atom stereocenters. The standard InChI is InChI=1S/C19H23NO3/c1-6-13-9-8-10-14(7-2)18(13)15-11-16(22-4)17(12(3)20-15)19(21)23-5/h8-11H,6-7H2,1-5H3. The quantitative estimate of drug-likeness (QED) is 0.784. The first-order valence-electron chi connectivity index (χ1n) is 7.82. The zero-order valence-electron chi connectivity index (χ0n) is 14.4. The summed E-state index contributed by atoms with van der Waals surface area (Å²) in [6.45, 7) is 6.06. The first-order valence-corrected chi connectivity index (χ1v) is 7.82. The second-order valence-electron chi connectivity index (χ2n) is 5.32. The Kier molecular flexibility index (Phi) is 5.37. The van der Waals surface area contributed by atoms with E-state index in [4.69, 9.17) is 9.47 Å². The molecule has 2 aromatic rings. The number of esters is 1. The third-order valence-electron chi connectivity index (χ3n) is 4.03. The van der Waals surface area contributed by atoms with E-state index in [1.807, 2.05) is 6.07 Å². The van der Waals surface area contributed by atoms with E-state index in [2.05, 4.69) is 37.0 Å². The van der Waals surface area contributed by atoms with Crippen LogP contribution < -0.4 is 4.74 Å². The molecular weight excluding hydrogens is 290 g/mol. The summed E-state index contributed by atoms with van der Waals surface area (Å²) in [5, 5.41) is 0. The van der Waals surface area contributed by atoms with Crippen molar-refractivity contribution in [1.29, 1.82) is 0 Å². The summed E-state index contributed by atoms with van der Waals surface area (Å²) in [5.41, 5.74) is 5.44. The zero-order valence-corrected chi connectivity index (χ0v) is 14.4. The fourth-order valence-corrected chi connectivity index (χ4v) is 2.85. The molecular formula is C19H23NO3. The average molecular weight is 313 g/mol. The summed E-state index contributed by atoms with van der Waals surface area (Å²) in [6, 6.07) is 8.14. The van der Waals surface area contributed by atoms with Gasteiger partial charge >= 0.3 is 5.97 Å². The maximum absolute atomic E-state index is 12.0. The van der Waals surface area contributed by atoms with Crippen molar-refractivity contribution in [2.24, 2.45) is 0 Å². The highest BCUT2D eigenvalue weighted by Crippen LogP contribution is 2.32. The van der Waals surface area contributed by atoms with Gasteiger partial charge in [-0.05, 0) is 30.9 Å². The molecule has 0 radical (unpaired) electrons. The van der Waals surface area contributed by atoms with Crippen LogP contribution >= 0.6 is 0 Å². The molecule has 1 aromatic carbocycles. The number of rotatable bonds is 5. The molecule has 4 heteroatoms. The van der Waals surface area contributed by atoms with Crippen LogP contribution in [-0.4, -0.2) is 25.2 Å². The average Bonchev–Trinajstić information content (AvgIpc) is 2.59. The minimum atomic E-state index is -0.433. The minimum absolute atomic E-state index is 0.380. The monoisotopic (exact) mass is 313 g/mol. The topological polar surface area (TPSA) is 48.4 Å². The normalized spacial score (nSPS) is 10.5. The van der Waals surface area contributed by atoms with Crippen LogP contribution in [0.2, 0.25) is 0 Å². The molecule has 23 heavy (non-hydrogen) atoms. The van der Waals surface area contributed by atoms with Crippen LogP contribution in [0.5, 0.6) is 5.75 Å². The number of ether oxygens (including phenoxy) is 2. The van der Waals surface area contributed by atoms with Gasteiger partial charge in [-0.3, -0.25) is 4.98 Å². The Balaban J connectivity index is 2.71. The molecule has 0 aliphatic carbocycles. The molecule has 0 atom stereocenters. The van der Waals surface area contributed by atoms with Gasteiger partial charge in [-0.25, -0.2) is 4.79 Å². The lowest BCUT2D eigenvalue weighted by atomic mass is 9.94. The van der Waals surface area contributed by atoms with E-state index in [0.717, 1.165) is 24.1 Å². The number of aryl methyl sites for hydroxylation is 3. The molecule has 0 saturated heterocycles. The molecule has 0 saturated carbocycles. The Morgan fingerprint density at radius 1 is 1.13 bits per heavy atom. The number of hydrogen-bond donors (Lipinski definition) is 0. The van der Waals surface area contributed by atoms with Crippen LogP contribution in [0.25, 0.3) is 11.3 Å². The van der Waals surface area contributed by atoms with E-state index in [1.54, 1.807) is 14.0 Å². The van der Waals surface area contributed by atoms with Gasteiger partial charge in [0.05, 0.1) is 25.6 Å². The number of aromatic nitrogens is 1. The predicted octanol–water partition coefficient (Wildman–Crippen LogP) is 3.98. The number of carbonyl (C=O) groups excluding carboxylic acids is 1. The van der Waals surface area contributed by atoms with E-state index in [-0.39, 0.29) is 0 Å². The molecule has 0 fully saturated rings. The van der Waals surface area contributed by atoms with Crippen molar-refractivity contribution < 1.29 is 14.3 Å². The first-order chi connectivity index (χ1) is 11.1. The van der Waals surface area contributed by atoms with E-state index >= 15 is 0 Å². The van der Waals surface area contributed by atoms with Gasteiger partial charge in [-0.2, -0.15) is 0 Å². The number of methoxy groups -OCH3 is 2. The van der Waals surface area contributed by atoms with E-state index in [0.29, 0.717) is 17.0 Å². The zero-order chi connectivity index (χ0) is 17.0. The summed E-state index contributed by atoms with van der Waals surface area (Å²) < 4.78 is 10.3. The molecule has 122 valence electrons. The maximum atomic E-state index is 12.0. The van der Waals surface area contributed by atoms with Crippen LogP contribution in [0.4, 0.5) is 0 Å². The van der Waals surface area contributed by atoms with Gasteiger partial charge in [0.2, 0.25) is 0 Å². The maximum Gasteiger partial charge on any atom is 0.343 e. The van der Waals surface area contributed by atoms with Gasteiger partial charge in [0.1, 0.15) is 11.3 Å². The summed E-state index contributed by atoms with van der Waals surface area (Å²) in [4.78, 5) is 16.6. The highest BCUT2D eigenvalue weighted by atomic mass is 16.5. The fourth-order valence-electron chi connectivity index (χ4n) is 2.85. The molecule has 0 aliphatic heterocycles. The summed E-state index contributed by atoms with van der Waals surface area (Å²) in [6.07, 6.45) is 1.84. The Bertz CT molecular complexity index is 701. The van der Waals surface area contributed by atoms with E-state index < -0.39 is 5.97 Å². The van der Waals surface area contributed by atoms with Crippen molar-refractivity contribution in [2.45, 2.75) is 33.6 Å². The molecule has 2 rings (SSSR count). The lowest BCUT2D eigenvalue weighted by molar-refractivity contribution is 0.0595. The second-order valence-corrected chi connectivity index (χ2v) is 5.32. The number of carbonyl (C=O) groups is 1. The SMILES string of the molecule is CCc1cccc(CC)c1-c1cc(OC)c(C(=O)OC)c(C)n1. The largest absolute Gasteiger partial charge is 0.496 e. The molecule has 1 heterocycles. The van der Waals surface area contributed by atoms with E-state index in [1.165, 1.54) is 18.2 Å². The lowest BCUT2D eigenvalue weighted by Crippen LogP contribution is -2.09. The van der Waals surface area contributed by atoms with Crippen LogP contribution in [0, 0.1) is 6.92 Å². The molecule has 1 aromatic heterocycles. The van der Waals surface area contributed by atoms with Crippen molar-refractivity contribution in [3.8, 4) is 17.0 Å². The lowest BCUT2D eigenvalue weighted by Gasteiger charge is -2.16. The van der Waals surface area contributed by atoms with Crippen molar-refractivity contribution in [3.63, 3.8) is 0 Å². The number of nitrogens with zero attached hydrogens (tertiary/aromatic N) is 1. The molecule has 0 aliphatic rings. The van der Waals surface area contributed by atoms with Gasteiger partial charge in [0.15, 0.2) is 0 Å². The van der Waals surface area contributed by atoms with Crippen molar-refractivity contribution >= 4 is 5.97 Å². The van der Waals surface area contributed by atoms with E-state index in [9.17, 15) is 4.79 Å².